The van der Waals surface area contributed by atoms with Crippen LogP contribution in [0.5, 0.6) is 0 Å². The zero-order valence-electron chi connectivity index (χ0n) is 49.3. The standard InChI is InChI=1S/C58H94N10O11/c1-13-65(53(73)40(8)60-51(71)48(32-38(4)5)63(11)57(77)46-21-17-25-67(46)55(75)44(59-10)34-42-19-15-14-16-20-42)36-50(70)62-45(31-37(2)3)56(76)68-26-18-22-47(68)58(78)64(12)49(33-39(6)7)52(72)61-41(9)54(74)66(27-28-69)35-43-23-29-79-30-24-43/h14-16,19-20,28,37-41,43-49,59H,13,17-18,21-27,29-36H2,1-12H3,(H,60,71)(H,61,72)(H,62,70)/t40-,41-,44-,45-,46+,47+,48-,49-/m0/s1. The number of carbonyl (C=O) groups excluding carboxylic acids is 10. The molecule has 3 heterocycles. The highest BCUT2D eigenvalue weighted by atomic mass is 16.5. The predicted molar refractivity (Wildman–Crippen MR) is 300 cm³/mol. The van der Waals surface area contributed by atoms with Gasteiger partial charge < -0.3 is 60.2 Å². The van der Waals surface area contributed by atoms with E-state index in [1.54, 1.807) is 32.8 Å². The molecule has 3 aliphatic heterocycles. The van der Waals surface area contributed by atoms with Crippen molar-refractivity contribution >= 4 is 59.5 Å². The van der Waals surface area contributed by atoms with Crippen molar-refractivity contribution in [3.8, 4) is 0 Å². The van der Waals surface area contributed by atoms with Crippen LogP contribution in [0.4, 0.5) is 0 Å². The Labute approximate surface area is 469 Å². The molecule has 4 rings (SSSR count). The normalized spacial score (nSPS) is 19.0. The van der Waals surface area contributed by atoms with Crippen molar-refractivity contribution in [1.82, 2.24) is 50.7 Å². The van der Waals surface area contributed by atoms with Gasteiger partial charge in [0.15, 0.2) is 0 Å². The van der Waals surface area contributed by atoms with Crippen molar-refractivity contribution in [3.05, 3.63) is 35.9 Å². The van der Waals surface area contributed by atoms with E-state index < -0.39 is 96.2 Å². The first-order valence-corrected chi connectivity index (χ1v) is 28.8. The number of ether oxygens (including phenoxy) is 1. The molecule has 3 fully saturated rings. The van der Waals surface area contributed by atoms with Gasteiger partial charge in [0.05, 0.1) is 19.1 Å². The lowest BCUT2D eigenvalue weighted by atomic mass is 9.99. The van der Waals surface area contributed by atoms with E-state index >= 15 is 0 Å². The molecule has 1 aromatic carbocycles. The number of nitrogens with zero attached hydrogens (tertiary/aromatic N) is 6. The van der Waals surface area contributed by atoms with Crippen LogP contribution in [-0.4, -0.2) is 211 Å². The van der Waals surface area contributed by atoms with Crippen molar-refractivity contribution in [2.75, 3.05) is 73.6 Å². The maximum atomic E-state index is 14.5. The summed E-state index contributed by atoms with van der Waals surface area (Å²) in [5.74, 6) is -4.13. The van der Waals surface area contributed by atoms with Gasteiger partial charge in [-0.15, -0.1) is 0 Å². The van der Waals surface area contributed by atoms with Crippen LogP contribution in [0.3, 0.4) is 0 Å². The Morgan fingerprint density at radius 3 is 1.56 bits per heavy atom. The van der Waals surface area contributed by atoms with Gasteiger partial charge in [0.25, 0.3) is 0 Å². The van der Waals surface area contributed by atoms with Gasteiger partial charge in [0.1, 0.15) is 48.6 Å². The topological polar surface area (TPSA) is 247 Å². The van der Waals surface area contributed by atoms with Crippen LogP contribution < -0.4 is 21.3 Å². The molecular formula is C58H94N10O11. The van der Waals surface area contributed by atoms with E-state index in [0.717, 1.165) is 18.4 Å². The van der Waals surface area contributed by atoms with Gasteiger partial charge in [-0.3, -0.25) is 43.2 Å². The number of likely N-dealkylation sites (tertiary alicyclic amines) is 2. The van der Waals surface area contributed by atoms with Gasteiger partial charge in [0, 0.05) is 53.5 Å². The van der Waals surface area contributed by atoms with E-state index in [0.29, 0.717) is 64.7 Å². The number of amides is 9. The first kappa shape index (κ1) is 65.6. The summed E-state index contributed by atoms with van der Waals surface area (Å²) in [5, 5.41) is 11.6. The van der Waals surface area contributed by atoms with Crippen molar-refractivity contribution in [1.29, 1.82) is 0 Å². The molecule has 0 aromatic heterocycles. The van der Waals surface area contributed by atoms with E-state index in [-0.39, 0.29) is 74.4 Å². The molecule has 79 heavy (non-hydrogen) atoms. The first-order chi connectivity index (χ1) is 37.4. The number of rotatable bonds is 29. The van der Waals surface area contributed by atoms with E-state index in [1.807, 2.05) is 71.9 Å². The van der Waals surface area contributed by atoms with Crippen LogP contribution in [0.2, 0.25) is 0 Å². The lowest BCUT2D eigenvalue weighted by molar-refractivity contribution is -0.149. The number of hydrogen-bond acceptors (Lipinski definition) is 12. The SMILES string of the molecule is CCN(CC(=O)N[C@@H](CC(C)C)C(=O)N1CCC[C@@H]1C(=O)N(C)[C@@H](CC(C)C)C(=O)N[C@@H](C)C(=O)N(CC=O)CC1CCOCC1)C(=O)[C@H](C)NC(=O)[C@H](CC(C)C)N(C)C(=O)[C@H]1CCCN1C(=O)[C@H](Cc1ccccc1)NC. The molecule has 4 N–H and O–H groups in total. The van der Waals surface area contributed by atoms with E-state index in [2.05, 4.69) is 21.3 Å². The number of aldehydes is 1. The van der Waals surface area contributed by atoms with Gasteiger partial charge in [0.2, 0.25) is 53.2 Å². The third-order valence-electron chi connectivity index (χ3n) is 15.4. The Balaban J connectivity index is 1.41. The summed E-state index contributed by atoms with van der Waals surface area (Å²) in [5.41, 5.74) is 0.979. The molecule has 21 nitrogen and oxygen atoms in total. The Bertz CT molecular complexity index is 2220. The van der Waals surface area contributed by atoms with Gasteiger partial charge in [-0.05, 0) is 121 Å². The highest BCUT2D eigenvalue weighted by molar-refractivity contribution is 5.98. The molecule has 21 heteroatoms. The summed E-state index contributed by atoms with van der Waals surface area (Å²) in [6, 6.07) is 2.27. The zero-order chi connectivity index (χ0) is 58.7. The number of hydrogen-bond donors (Lipinski definition) is 4. The smallest absolute Gasteiger partial charge is 0.245 e. The predicted octanol–water partition coefficient (Wildman–Crippen LogP) is 2.39. The minimum atomic E-state index is -1.11. The monoisotopic (exact) mass is 1110 g/mol. The van der Waals surface area contributed by atoms with Crippen molar-refractivity contribution < 1.29 is 52.7 Å². The van der Waals surface area contributed by atoms with Gasteiger partial charge in [-0.1, -0.05) is 71.9 Å². The molecule has 3 aliphatic rings. The molecule has 442 valence electrons. The molecule has 8 atom stereocenters. The van der Waals surface area contributed by atoms with Crippen LogP contribution in [0, 0.1) is 23.7 Å². The maximum Gasteiger partial charge on any atom is 0.245 e. The molecule has 1 aromatic rings. The fraction of sp³-hybridized carbons (Fsp3) is 0.724. The molecule has 3 saturated heterocycles. The average molecular weight is 1110 g/mol. The lowest BCUT2D eigenvalue weighted by Gasteiger charge is -2.35. The Morgan fingerprint density at radius 2 is 1.11 bits per heavy atom. The second-order valence-corrected chi connectivity index (χ2v) is 23.1. The fourth-order valence-corrected chi connectivity index (χ4v) is 11.0. The summed E-state index contributed by atoms with van der Waals surface area (Å²) in [6.07, 6.45) is 5.29. The molecule has 0 radical (unpaired) electrons. The van der Waals surface area contributed by atoms with E-state index in [4.69, 9.17) is 4.74 Å². The van der Waals surface area contributed by atoms with Gasteiger partial charge in [-0.2, -0.15) is 0 Å². The van der Waals surface area contributed by atoms with Crippen LogP contribution in [-0.2, 0) is 59.1 Å². The van der Waals surface area contributed by atoms with Crippen LogP contribution in [0.25, 0.3) is 0 Å². The highest BCUT2D eigenvalue weighted by Gasteiger charge is 2.44. The number of carbonyl (C=O) groups is 10. The quantitative estimate of drug-likeness (QED) is 0.0846. The van der Waals surface area contributed by atoms with Crippen molar-refractivity contribution in [2.45, 2.75) is 175 Å². The largest absolute Gasteiger partial charge is 0.381 e. The summed E-state index contributed by atoms with van der Waals surface area (Å²) >= 11 is 0. The minimum Gasteiger partial charge on any atom is -0.381 e. The summed E-state index contributed by atoms with van der Waals surface area (Å²) in [6.45, 7) is 17.9. The highest BCUT2D eigenvalue weighted by Crippen LogP contribution is 2.26. The second kappa shape index (κ2) is 31.7. The molecule has 0 aliphatic carbocycles. The van der Waals surface area contributed by atoms with Crippen molar-refractivity contribution in [3.63, 3.8) is 0 Å². The molecule has 0 bridgehead atoms. The van der Waals surface area contributed by atoms with Gasteiger partial charge >= 0.3 is 0 Å². The number of nitrogens with one attached hydrogen (secondary N) is 4. The average Bonchev–Trinajstić information content (AvgIpc) is 4.13. The summed E-state index contributed by atoms with van der Waals surface area (Å²) in [7, 11) is 4.79. The lowest BCUT2D eigenvalue weighted by Crippen LogP contribution is -2.59. The molecular weight excluding hydrogens is 1010 g/mol. The zero-order valence-corrected chi connectivity index (χ0v) is 49.3. The Kier molecular flexibility index (Phi) is 26.3. The molecule has 9 amide bonds. The van der Waals surface area contributed by atoms with Crippen LogP contribution in [0.15, 0.2) is 30.3 Å². The Morgan fingerprint density at radius 1 is 0.646 bits per heavy atom. The third-order valence-corrected chi connectivity index (χ3v) is 15.4. The minimum absolute atomic E-state index is 0.0222. The first-order valence-electron chi connectivity index (χ1n) is 28.8. The van der Waals surface area contributed by atoms with E-state index in [1.165, 1.54) is 38.5 Å². The number of likely N-dealkylation sites (N-methyl/N-ethyl adjacent to an activating group) is 4. The van der Waals surface area contributed by atoms with Gasteiger partial charge in [-0.25, -0.2) is 0 Å². The molecule has 0 unspecified atom stereocenters. The van der Waals surface area contributed by atoms with E-state index in [9.17, 15) is 47.9 Å². The molecule has 0 spiro atoms. The summed E-state index contributed by atoms with van der Waals surface area (Å²) < 4.78 is 5.45. The summed E-state index contributed by atoms with van der Waals surface area (Å²) in [4.78, 5) is 147. The fourth-order valence-electron chi connectivity index (χ4n) is 11.0. The van der Waals surface area contributed by atoms with Crippen LogP contribution >= 0.6 is 0 Å². The molecule has 0 saturated carbocycles. The maximum absolute atomic E-state index is 14.5. The van der Waals surface area contributed by atoms with Crippen LogP contribution in [0.1, 0.15) is 126 Å². The number of benzene rings is 1. The Hall–Kier alpha value is -5.96. The third kappa shape index (κ3) is 18.8. The van der Waals surface area contributed by atoms with Crippen molar-refractivity contribution in [2.24, 2.45) is 23.7 Å². The second-order valence-electron chi connectivity index (χ2n) is 23.1.